The van der Waals surface area contributed by atoms with Crippen molar-refractivity contribution in [2.24, 2.45) is 0 Å². The van der Waals surface area contributed by atoms with Crippen molar-refractivity contribution >= 4 is 33.1 Å². The smallest absolute Gasteiger partial charge is 0.263 e. The maximum atomic E-state index is 12.6. The van der Waals surface area contributed by atoms with Crippen LogP contribution in [0, 0.1) is 0 Å². The SMILES string of the molecule is Nc1c(C(=O)NCCC2=CC=CCC2)sc2nc3c(cc12)CCCCC3. The summed E-state index contributed by atoms with van der Waals surface area (Å²) >= 11 is 1.42. The molecule has 0 aromatic carbocycles. The minimum absolute atomic E-state index is 0.0763. The van der Waals surface area contributed by atoms with Gasteiger partial charge in [-0.2, -0.15) is 0 Å². The van der Waals surface area contributed by atoms with Crippen LogP contribution < -0.4 is 11.1 Å². The van der Waals surface area contributed by atoms with Gasteiger partial charge in [-0.25, -0.2) is 4.98 Å². The van der Waals surface area contributed by atoms with Gasteiger partial charge in [0.25, 0.3) is 5.91 Å². The third kappa shape index (κ3) is 3.54. The highest BCUT2D eigenvalue weighted by Crippen LogP contribution is 2.35. The predicted octanol–water partition coefficient (Wildman–Crippen LogP) is 4.54. The maximum absolute atomic E-state index is 12.6. The number of rotatable bonds is 4. The van der Waals surface area contributed by atoms with Gasteiger partial charge in [-0.15, -0.1) is 11.3 Å². The van der Waals surface area contributed by atoms with Gasteiger partial charge >= 0.3 is 0 Å². The van der Waals surface area contributed by atoms with E-state index in [0.717, 1.165) is 42.3 Å². The van der Waals surface area contributed by atoms with E-state index in [4.69, 9.17) is 10.7 Å². The third-order valence-corrected chi connectivity index (χ3v) is 6.40. The zero-order valence-corrected chi connectivity index (χ0v) is 15.8. The van der Waals surface area contributed by atoms with E-state index in [1.807, 2.05) is 0 Å². The second-order valence-corrected chi connectivity index (χ2v) is 8.15. The van der Waals surface area contributed by atoms with Gasteiger partial charge in [-0.1, -0.05) is 30.2 Å². The number of aryl methyl sites for hydroxylation is 2. The summed E-state index contributed by atoms with van der Waals surface area (Å²) in [6.45, 7) is 0.649. The molecule has 0 atom stereocenters. The second-order valence-electron chi connectivity index (χ2n) is 7.15. The summed E-state index contributed by atoms with van der Waals surface area (Å²) in [5.74, 6) is -0.0763. The molecule has 2 aliphatic rings. The fourth-order valence-electron chi connectivity index (χ4n) is 3.78. The number of carbonyl (C=O) groups excluding carboxylic acids is 1. The van der Waals surface area contributed by atoms with Crippen LogP contribution in [0.3, 0.4) is 0 Å². The Balaban J connectivity index is 1.50. The van der Waals surface area contributed by atoms with E-state index < -0.39 is 0 Å². The van der Waals surface area contributed by atoms with Crippen LogP contribution in [0.25, 0.3) is 10.2 Å². The first-order valence-corrected chi connectivity index (χ1v) is 10.4. The number of nitrogen functional groups attached to an aromatic ring is 1. The molecule has 1 amide bonds. The Morgan fingerprint density at radius 1 is 1.23 bits per heavy atom. The molecular weight excluding hydrogens is 342 g/mol. The third-order valence-electron chi connectivity index (χ3n) is 5.29. The number of pyridine rings is 1. The van der Waals surface area contributed by atoms with Gasteiger partial charge in [0, 0.05) is 17.6 Å². The Morgan fingerprint density at radius 2 is 2.12 bits per heavy atom. The monoisotopic (exact) mass is 367 g/mol. The van der Waals surface area contributed by atoms with Crippen molar-refractivity contribution in [1.82, 2.24) is 10.3 Å². The molecule has 0 fully saturated rings. The van der Waals surface area contributed by atoms with E-state index in [0.29, 0.717) is 17.1 Å². The number of nitrogens with two attached hydrogens (primary N) is 1. The molecule has 4 rings (SSSR count). The first-order chi connectivity index (χ1) is 12.7. The molecular formula is C21H25N3OS. The molecule has 0 saturated heterocycles. The lowest BCUT2D eigenvalue weighted by Gasteiger charge is -2.09. The van der Waals surface area contributed by atoms with Crippen LogP contribution >= 0.6 is 11.3 Å². The van der Waals surface area contributed by atoms with Crippen LogP contribution in [0.1, 0.15) is 59.5 Å². The fourth-order valence-corrected chi connectivity index (χ4v) is 4.80. The van der Waals surface area contributed by atoms with Gasteiger partial charge in [0.15, 0.2) is 0 Å². The van der Waals surface area contributed by atoms with Gasteiger partial charge in [0.1, 0.15) is 9.71 Å². The predicted molar refractivity (Wildman–Crippen MR) is 109 cm³/mol. The first-order valence-electron chi connectivity index (χ1n) is 9.56. The average Bonchev–Trinajstić information content (AvgIpc) is 2.82. The highest BCUT2D eigenvalue weighted by atomic mass is 32.1. The Kier molecular flexibility index (Phi) is 5.07. The topological polar surface area (TPSA) is 68.0 Å². The zero-order valence-electron chi connectivity index (χ0n) is 15.0. The number of hydrogen-bond acceptors (Lipinski definition) is 4. The molecule has 136 valence electrons. The maximum Gasteiger partial charge on any atom is 0.263 e. The van der Waals surface area contributed by atoms with E-state index in [2.05, 4.69) is 29.6 Å². The number of hydrogen-bond donors (Lipinski definition) is 2. The largest absolute Gasteiger partial charge is 0.397 e. The molecule has 2 aromatic heterocycles. The van der Waals surface area contributed by atoms with Gasteiger partial charge in [-0.05, 0) is 56.6 Å². The van der Waals surface area contributed by atoms with Crippen LogP contribution in [0.5, 0.6) is 0 Å². The molecule has 0 aliphatic heterocycles. The lowest BCUT2D eigenvalue weighted by atomic mass is 10.0. The van der Waals surface area contributed by atoms with E-state index in [9.17, 15) is 4.79 Å². The summed E-state index contributed by atoms with van der Waals surface area (Å²) < 4.78 is 0. The molecule has 0 radical (unpaired) electrons. The van der Waals surface area contributed by atoms with E-state index in [1.54, 1.807) is 0 Å². The highest BCUT2D eigenvalue weighted by molar-refractivity contribution is 7.21. The van der Waals surface area contributed by atoms with Crippen LogP contribution in [0.15, 0.2) is 29.9 Å². The molecule has 0 saturated carbocycles. The summed E-state index contributed by atoms with van der Waals surface area (Å²) in [6, 6.07) is 2.17. The van der Waals surface area contributed by atoms with Gasteiger partial charge < -0.3 is 11.1 Å². The summed E-state index contributed by atoms with van der Waals surface area (Å²) in [6.07, 6.45) is 15.3. The molecule has 5 heteroatoms. The number of nitrogens with zero attached hydrogens (tertiary/aromatic N) is 1. The van der Waals surface area contributed by atoms with E-state index in [-0.39, 0.29) is 5.91 Å². The van der Waals surface area contributed by atoms with Crippen LogP contribution in [0.2, 0.25) is 0 Å². The minimum Gasteiger partial charge on any atom is -0.397 e. The van der Waals surface area contributed by atoms with Gasteiger partial charge in [-0.3, -0.25) is 4.79 Å². The first kappa shape index (κ1) is 17.3. The van der Waals surface area contributed by atoms with Crippen molar-refractivity contribution in [1.29, 1.82) is 0 Å². The van der Waals surface area contributed by atoms with Gasteiger partial charge in [0.05, 0.1) is 5.69 Å². The van der Waals surface area contributed by atoms with Crippen LogP contribution in [-0.4, -0.2) is 17.4 Å². The number of fused-ring (bicyclic) bond motifs is 2. The number of amides is 1. The molecule has 4 nitrogen and oxygen atoms in total. The number of thiophene rings is 1. The summed E-state index contributed by atoms with van der Waals surface area (Å²) in [5.41, 5.74) is 10.8. The van der Waals surface area contributed by atoms with E-state index in [1.165, 1.54) is 47.4 Å². The summed E-state index contributed by atoms with van der Waals surface area (Å²) in [4.78, 5) is 18.9. The molecule has 2 heterocycles. The fraction of sp³-hybridized carbons (Fsp3) is 0.429. The molecule has 3 N–H and O–H groups in total. The van der Waals surface area contributed by atoms with Crippen LogP contribution in [-0.2, 0) is 12.8 Å². The van der Waals surface area contributed by atoms with Crippen molar-refractivity contribution in [3.63, 3.8) is 0 Å². The van der Waals surface area contributed by atoms with Crippen molar-refractivity contribution in [3.05, 3.63) is 46.0 Å². The molecule has 0 bridgehead atoms. The number of aromatic nitrogens is 1. The molecule has 0 spiro atoms. The number of allylic oxidation sites excluding steroid dienone is 3. The van der Waals surface area contributed by atoms with Crippen molar-refractivity contribution in [3.8, 4) is 0 Å². The van der Waals surface area contributed by atoms with Crippen molar-refractivity contribution in [2.75, 3.05) is 12.3 Å². The second kappa shape index (κ2) is 7.62. The highest BCUT2D eigenvalue weighted by Gasteiger charge is 2.20. The van der Waals surface area contributed by atoms with E-state index >= 15 is 0 Å². The van der Waals surface area contributed by atoms with Gasteiger partial charge in [0.2, 0.25) is 0 Å². The normalized spacial score (nSPS) is 16.8. The zero-order chi connectivity index (χ0) is 17.9. The Hall–Kier alpha value is -2.14. The average molecular weight is 368 g/mol. The Morgan fingerprint density at radius 3 is 2.96 bits per heavy atom. The van der Waals surface area contributed by atoms with Crippen LogP contribution in [0.4, 0.5) is 5.69 Å². The molecule has 0 unspecified atom stereocenters. The lowest BCUT2D eigenvalue weighted by molar-refractivity contribution is 0.0959. The molecule has 2 aromatic rings. The van der Waals surface area contributed by atoms with Crippen molar-refractivity contribution < 1.29 is 4.79 Å². The summed E-state index contributed by atoms with van der Waals surface area (Å²) in [7, 11) is 0. The lowest BCUT2D eigenvalue weighted by Crippen LogP contribution is -2.24. The number of carbonyl (C=O) groups is 1. The van der Waals surface area contributed by atoms with Crippen molar-refractivity contribution in [2.45, 2.75) is 51.4 Å². The Labute approximate surface area is 158 Å². The quantitative estimate of drug-likeness (QED) is 0.779. The summed E-state index contributed by atoms with van der Waals surface area (Å²) in [5, 5.41) is 3.97. The Bertz CT molecular complexity index is 894. The number of anilines is 1. The standard InChI is InChI=1S/C21H25N3OS/c22-18-16-13-15-9-5-2-6-10-17(15)24-21(16)26-19(18)20(25)23-12-11-14-7-3-1-4-8-14/h1,3,7,13H,2,4-6,8-12,22H2,(H,23,25). The minimum atomic E-state index is -0.0763. The molecule has 2 aliphatic carbocycles. The molecule has 26 heavy (non-hydrogen) atoms. The number of nitrogens with one attached hydrogen (secondary N) is 1.